The van der Waals surface area contributed by atoms with Gasteiger partial charge in [0.2, 0.25) is 0 Å². The van der Waals surface area contributed by atoms with Crippen molar-refractivity contribution in [3.63, 3.8) is 0 Å². The number of ketones is 1. The second kappa shape index (κ2) is 6.53. The molecule has 2 aromatic carbocycles. The smallest absolute Gasteiger partial charge is 0.270 e. The monoisotopic (exact) mass is 298 g/mol. The molecule has 22 heavy (non-hydrogen) atoms. The molecule has 0 heterocycles. The molecule has 0 radical (unpaired) electrons. The number of nitro groups is 1. The first-order valence-electron chi connectivity index (χ1n) is 6.33. The number of nitro benzene ring substituents is 1. The highest BCUT2D eigenvalue weighted by Gasteiger charge is 2.07. The molecule has 2 aromatic rings. The first kappa shape index (κ1) is 15.2. The Morgan fingerprint density at radius 3 is 2.41 bits per heavy atom. The van der Waals surface area contributed by atoms with Gasteiger partial charge in [-0.15, -0.1) is 0 Å². The van der Waals surface area contributed by atoms with E-state index in [0.717, 1.165) is 12.1 Å². The van der Waals surface area contributed by atoms with Crippen LogP contribution < -0.4 is 9.84 Å². The second-order valence-electron chi connectivity index (χ2n) is 4.41. The van der Waals surface area contributed by atoms with Gasteiger partial charge in [0.1, 0.15) is 5.75 Å². The zero-order chi connectivity index (χ0) is 16.1. The minimum Gasteiger partial charge on any atom is -0.872 e. The maximum atomic E-state index is 12.0. The maximum Gasteiger partial charge on any atom is 0.270 e. The van der Waals surface area contributed by atoms with E-state index in [1.807, 2.05) is 0 Å². The van der Waals surface area contributed by atoms with Crippen molar-refractivity contribution in [2.45, 2.75) is 0 Å². The fourth-order valence-electron chi connectivity index (χ4n) is 1.81. The molecule has 0 saturated carbocycles. The number of ether oxygens (including phenoxy) is 1. The summed E-state index contributed by atoms with van der Waals surface area (Å²) in [5.74, 6) is -0.453. The van der Waals surface area contributed by atoms with Crippen LogP contribution in [0.2, 0.25) is 0 Å². The first-order valence-corrected chi connectivity index (χ1v) is 6.33. The van der Waals surface area contributed by atoms with Crippen LogP contribution in [0.5, 0.6) is 5.75 Å². The average molecular weight is 298 g/mol. The van der Waals surface area contributed by atoms with Crippen LogP contribution in [0.1, 0.15) is 15.9 Å². The van der Waals surface area contributed by atoms with E-state index in [2.05, 4.69) is 0 Å². The molecule has 112 valence electrons. The topological polar surface area (TPSA) is 92.5 Å². The van der Waals surface area contributed by atoms with Gasteiger partial charge in [-0.1, -0.05) is 17.9 Å². The molecular formula is C16H12NO5-. The van der Waals surface area contributed by atoms with E-state index in [0.29, 0.717) is 11.3 Å². The van der Waals surface area contributed by atoms with Gasteiger partial charge in [0.05, 0.1) is 12.0 Å². The van der Waals surface area contributed by atoms with Crippen molar-refractivity contribution in [1.82, 2.24) is 0 Å². The molecule has 0 N–H and O–H groups in total. The van der Waals surface area contributed by atoms with Crippen molar-refractivity contribution in [3.05, 3.63) is 75.8 Å². The van der Waals surface area contributed by atoms with Crippen LogP contribution in [0.15, 0.2) is 54.6 Å². The zero-order valence-corrected chi connectivity index (χ0v) is 11.7. The van der Waals surface area contributed by atoms with Crippen LogP contribution in [0.4, 0.5) is 5.69 Å². The van der Waals surface area contributed by atoms with Crippen LogP contribution in [-0.4, -0.2) is 17.8 Å². The fourth-order valence-corrected chi connectivity index (χ4v) is 1.81. The lowest BCUT2D eigenvalue weighted by Gasteiger charge is -2.11. The van der Waals surface area contributed by atoms with Crippen molar-refractivity contribution >= 4 is 17.2 Å². The maximum absolute atomic E-state index is 12.0. The molecule has 6 heteroatoms. The third-order valence-electron chi connectivity index (χ3n) is 2.98. The van der Waals surface area contributed by atoms with Gasteiger partial charge in [-0.05, 0) is 35.9 Å². The quantitative estimate of drug-likeness (QED) is 0.277. The summed E-state index contributed by atoms with van der Waals surface area (Å²) in [5, 5.41) is 22.7. The van der Waals surface area contributed by atoms with Gasteiger partial charge in [-0.25, -0.2) is 0 Å². The number of benzene rings is 2. The van der Waals surface area contributed by atoms with E-state index in [-0.39, 0.29) is 11.3 Å². The standard InChI is InChI=1S/C16H13NO5/c1-22-14-7-5-11(6-8-14)15(18)10-16(19)12-3-2-4-13(9-12)17(20)21/h2-10,19H,1H3/p-1/b16-10-. The van der Waals surface area contributed by atoms with E-state index in [4.69, 9.17) is 4.74 Å². The first-order chi connectivity index (χ1) is 10.5. The summed E-state index contributed by atoms with van der Waals surface area (Å²) in [6.45, 7) is 0. The van der Waals surface area contributed by atoms with Crippen LogP contribution in [0.3, 0.4) is 0 Å². The average Bonchev–Trinajstić information content (AvgIpc) is 2.54. The minimum atomic E-state index is -0.595. The summed E-state index contributed by atoms with van der Waals surface area (Å²) in [4.78, 5) is 22.1. The number of nitrogens with zero attached hydrogens (tertiary/aromatic N) is 1. The van der Waals surface area contributed by atoms with Crippen LogP contribution in [0, 0.1) is 10.1 Å². The SMILES string of the molecule is COc1ccc(C(=O)/C=C(\[O-])c2cccc([N+](=O)[O-])c2)cc1. The van der Waals surface area contributed by atoms with E-state index >= 15 is 0 Å². The number of carbonyl (C=O) groups excluding carboxylic acids is 1. The minimum absolute atomic E-state index is 0.0936. The summed E-state index contributed by atoms with van der Waals surface area (Å²) in [7, 11) is 1.51. The summed E-state index contributed by atoms with van der Waals surface area (Å²) in [6.07, 6.45) is 0.918. The molecule has 0 bridgehead atoms. The molecule has 0 aliphatic rings. The number of allylic oxidation sites excluding steroid dienone is 1. The van der Waals surface area contributed by atoms with Crippen molar-refractivity contribution in [2.24, 2.45) is 0 Å². The molecule has 0 unspecified atom stereocenters. The van der Waals surface area contributed by atoms with Crippen LogP contribution in [0.25, 0.3) is 5.76 Å². The Morgan fingerprint density at radius 2 is 1.82 bits per heavy atom. The highest BCUT2D eigenvalue weighted by atomic mass is 16.6. The van der Waals surface area contributed by atoms with Gasteiger partial charge in [-0.2, -0.15) is 0 Å². The van der Waals surface area contributed by atoms with Gasteiger partial charge in [-0.3, -0.25) is 14.9 Å². The second-order valence-corrected chi connectivity index (χ2v) is 4.41. The highest BCUT2D eigenvalue weighted by Crippen LogP contribution is 2.18. The molecule has 2 rings (SSSR count). The molecular weight excluding hydrogens is 286 g/mol. The highest BCUT2D eigenvalue weighted by molar-refractivity contribution is 6.07. The lowest BCUT2D eigenvalue weighted by Crippen LogP contribution is -2.06. The van der Waals surface area contributed by atoms with Gasteiger partial charge < -0.3 is 9.84 Å². The Bertz CT molecular complexity index is 734. The van der Waals surface area contributed by atoms with Crippen molar-refractivity contribution in [3.8, 4) is 5.75 Å². The number of hydrogen-bond acceptors (Lipinski definition) is 5. The summed E-state index contributed by atoms with van der Waals surface area (Å²) >= 11 is 0. The molecule has 0 aliphatic carbocycles. The van der Waals surface area contributed by atoms with Gasteiger partial charge in [0.25, 0.3) is 5.69 Å². The van der Waals surface area contributed by atoms with Crippen LogP contribution >= 0.6 is 0 Å². The van der Waals surface area contributed by atoms with Gasteiger partial charge in [0.15, 0.2) is 5.78 Å². The summed E-state index contributed by atoms with van der Waals surface area (Å²) in [6, 6.07) is 11.5. The van der Waals surface area contributed by atoms with Crippen LogP contribution in [-0.2, 0) is 0 Å². The molecule has 0 saturated heterocycles. The molecule has 0 spiro atoms. The lowest BCUT2D eigenvalue weighted by atomic mass is 10.1. The Hall–Kier alpha value is -3.15. The lowest BCUT2D eigenvalue weighted by molar-refractivity contribution is -0.385. The largest absolute Gasteiger partial charge is 0.872 e. The van der Waals surface area contributed by atoms with Crippen molar-refractivity contribution < 1.29 is 19.6 Å². The predicted octanol–water partition coefficient (Wildman–Crippen LogP) is 2.19. The van der Waals surface area contributed by atoms with Gasteiger partial charge >= 0.3 is 0 Å². The Balaban J connectivity index is 2.25. The van der Waals surface area contributed by atoms with E-state index in [1.54, 1.807) is 24.3 Å². The van der Waals surface area contributed by atoms with E-state index in [9.17, 15) is 20.0 Å². The molecule has 0 atom stereocenters. The third-order valence-corrected chi connectivity index (χ3v) is 2.98. The van der Waals surface area contributed by atoms with E-state index in [1.165, 1.54) is 25.3 Å². The number of non-ortho nitro benzene ring substituents is 1. The number of methoxy groups -OCH3 is 1. The summed E-state index contributed by atoms with van der Waals surface area (Å²) < 4.78 is 4.98. The summed E-state index contributed by atoms with van der Waals surface area (Å²) in [5.41, 5.74) is 0.229. The molecule has 0 aliphatic heterocycles. The van der Waals surface area contributed by atoms with E-state index < -0.39 is 16.5 Å². The van der Waals surface area contributed by atoms with Crippen molar-refractivity contribution in [2.75, 3.05) is 7.11 Å². The molecule has 6 nitrogen and oxygen atoms in total. The van der Waals surface area contributed by atoms with Crippen molar-refractivity contribution in [1.29, 1.82) is 0 Å². The Morgan fingerprint density at radius 1 is 1.14 bits per heavy atom. The number of hydrogen-bond donors (Lipinski definition) is 0. The number of rotatable bonds is 5. The molecule has 0 aromatic heterocycles. The fraction of sp³-hybridized carbons (Fsp3) is 0.0625. The Kier molecular flexibility index (Phi) is 4.53. The Labute approximate surface area is 126 Å². The third kappa shape index (κ3) is 3.49. The normalized spacial score (nSPS) is 11.0. The molecule has 0 amide bonds. The number of carbonyl (C=O) groups is 1. The van der Waals surface area contributed by atoms with Gasteiger partial charge in [0, 0.05) is 17.7 Å². The predicted molar refractivity (Wildman–Crippen MR) is 78.4 cm³/mol. The molecule has 0 fully saturated rings. The zero-order valence-electron chi connectivity index (χ0n) is 11.7.